The minimum absolute atomic E-state index is 0.0390. The Bertz CT molecular complexity index is 544. The molecule has 1 atom stereocenters. The molecule has 0 aromatic carbocycles. The van der Waals surface area contributed by atoms with Crippen molar-refractivity contribution in [2.75, 3.05) is 19.6 Å². The number of sulfonamides is 1. The molecule has 0 amide bonds. The molecule has 7 nitrogen and oxygen atoms in total. The molecule has 0 aliphatic carbocycles. The molecule has 8 heteroatoms. The van der Waals surface area contributed by atoms with Crippen molar-refractivity contribution in [1.82, 2.24) is 19.6 Å². The summed E-state index contributed by atoms with van der Waals surface area (Å²) in [4.78, 5) is 6.56. The Labute approximate surface area is 99.5 Å². The van der Waals surface area contributed by atoms with Crippen LogP contribution < -0.4 is 5.32 Å². The molecular weight excluding hydrogens is 242 g/mol. The summed E-state index contributed by atoms with van der Waals surface area (Å²) >= 11 is 0. The van der Waals surface area contributed by atoms with Gasteiger partial charge in [0, 0.05) is 19.6 Å². The molecule has 0 saturated carbocycles. The van der Waals surface area contributed by atoms with Crippen LogP contribution in [0.1, 0.15) is 5.82 Å². The zero-order chi connectivity index (χ0) is 12.5. The molecule has 1 aliphatic rings. The van der Waals surface area contributed by atoms with Crippen molar-refractivity contribution < 1.29 is 8.42 Å². The van der Waals surface area contributed by atoms with Crippen LogP contribution in [0.5, 0.6) is 0 Å². The molecule has 1 aromatic heterocycles. The molecule has 1 aromatic rings. The fourth-order valence-corrected chi connectivity index (χ4v) is 3.24. The van der Waals surface area contributed by atoms with E-state index in [1.165, 1.54) is 10.5 Å². The molecule has 17 heavy (non-hydrogen) atoms. The van der Waals surface area contributed by atoms with Gasteiger partial charge in [-0.05, 0) is 6.92 Å². The highest BCUT2D eigenvalue weighted by Gasteiger charge is 2.34. The Kier molecular flexibility index (Phi) is 3.15. The third kappa shape index (κ3) is 2.17. The largest absolute Gasteiger partial charge is 0.332 e. The SMILES string of the molecule is Cc1ncc(S(=O)(=O)N2CCNCC2C#N)[nH]1. The highest BCUT2D eigenvalue weighted by Crippen LogP contribution is 2.17. The van der Waals surface area contributed by atoms with E-state index < -0.39 is 16.1 Å². The predicted molar refractivity (Wildman–Crippen MR) is 59.5 cm³/mol. The van der Waals surface area contributed by atoms with E-state index in [-0.39, 0.29) is 5.03 Å². The third-order valence-electron chi connectivity index (χ3n) is 2.61. The van der Waals surface area contributed by atoms with Gasteiger partial charge in [-0.25, -0.2) is 13.4 Å². The fourth-order valence-electron chi connectivity index (χ4n) is 1.74. The molecule has 1 aliphatic heterocycles. The zero-order valence-corrected chi connectivity index (χ0v) is 10.2. The minimum atomic E-state index is -3.65. The van der Waals surface area contributed by atoms with Gasteiger partial charge in [0.05, 0.1) is 12.3 Å². The summed E-state index contributed by atoms with van der Waals surface area (Å²) < 4.78 is 25.7. The van der Waals surface area contributed by atoms with Crippen molar-refractivity contribution in [3.63, 3.8) is 0 Å². The van der Waals surface area contributed by atoms with Crippen LogP contribution in [0.15, 0.2) is 11.2 Å². The molecule has 2 heterocycles. The fraction of sp³-hybridized carbons (Fsp3) is 0.556. The second-order valence-corrected chi connectivity index (χ2v) is 5.66. The maximum absolute atomic E-state index is 12.2. The van der Waals surface area contributed by atoms with Gasteiger partial charge < -0.3 is 10.3 Å². The number of nitrogens with one attached hydrogen (secondary N) is 2. The van der Waals surface area contributed by atoms with Crippen molar-refractivity contribution in [2.24, 2.45) is 0 Å². The Morgan fingerprint density at radius 3 is 3.00 bits per heavy atom. The average Bonchev–Trinajstić information content (AvgIpc) is 2.76. The molecule has 2 rings (SSSR count). The van der Waals surface area contributed by atoms with Gasteiger partial charge in [-0.3, -0.25) is 0 Å². The summed E-state index contributed by atoms with van der Waals surface area (Å²) in [6.45, 7) is 2.87. The van der Waals surface area contributed by atoms with Crippen LogP contribution in [0.25, 0.3) is 0 Å². The molecule has 2 N–H and O–H groups in total. The Balaban J connectivity index is 2.35. The highest BCUT2D eigenvalue weighted by molar-refractivity contribution is 7.89. The Morgan fingerprint density at radius 1 is 1.65 bits per heavy atom. The van der Waals surface area contributed by atoms with Gasteiger partial charge in [-0.15, -0.1) is 0 Å². The first kappa shape index (κ1) is 12.0. The lowest BCUT2D eigenvalue weighted by molar-refractivity contribution is 0.311. The number of nitriles is 1. The van der Waals surface area contributed by atoms with Crippen molar-refractivity contribution >= 4 is 10.0 Å². The average molecular weight is 255 g/mol. The maximum Gasteiger partial charge on any atom is 0.261 e. The Hall–Kier alpha value is -1.43. The van der Waals surface area contributed by atoms with Gasteiger partial charge in [0.2, 0.25) is 0 Å². The Morgan fingerprint density at radius 2 is 2.41 bits per heavy atom. The normalized spacial score (nSPS) is 22.2. The number of H-pyrrole nitrogens is 1. The van der Waals surface area contributed by atoms with E-state index in [2.05, 4.69) is 15.3 Å². The molecule has 0 spiro atoms. The van der Waals surface area contributed by atoms with Crippen molar-refractivity contribution in [2.45, 2.75) is 18.0 Å². The van der Waals surface area contributed by atoms with E-state index in [9.17, 15) is 8.42 Å². The quantitative estimate of drug-likeness (QED) is 0.720. The van der Waals surface area contributed by atoms with Crippen LogP contribution in [0.3, 0.4) is 0 Å². The summed E-state index contributed by atoms with van der Waals surface area (Å²) in [5, 5.41) is 12.0. The van der Waals surface area contributed by atoms with E-state index in [1.54, 1.807) is 6.92 Å². The first-order chi connectivity index (χ1) is 8.05. The number of hydrogen-bond donors (Lipinski definition) is 2. The van der Waals surface area contributed by atoms with Crippen molar-refractivity contribution in [1.29, 1.82) is 5.26 Å². The number of hydrogen-bond acceptors (Lipinski definition) is 5. The van der Waals surface area contributed by atoms with Crippen LogP contribution >= 0.6 is 0 Å². The number of nitrogens with zero attached hydrogens (tertiary/aromatic N) is 3. The number of aromatic amines is 1. The standard InChI is InChI=1S/C9H13N5O2S/c1-7-12-6-9(13-7)17(15,16)14-3-2-11-5-8(14)4-10/h6,8,11H,2-3,5H2,1H3,(H,12,13). The lowest BCUT2D eigenvalue weighted by atomic mass is 10.3. The molecule has 92 valence electrons. The minimum Gasteiger partial charge on any atom is -0.332 e. The lowest BCUT2D eigenvalue weighted by Crippen LogP contribution is -2.52. The molecule has 1 unspecified atom stereocenters. The van der Waals surface area contributed by atoms with Crippen LogP contribution in [0, 0.1) is 18.3 Å². The van der Waals surface area contributed by atoms with Crippen LogP contribution in [0.4, 0.5) is 0 Å². The summed E-state index contributed by atoms with van der Waals surface area (Å²) in [5.41, 5.74) is 0. The highest BCUT2D eigenvalue weighted by atomic mass is 32.2. The van der Waals surface area contributed by atoms with Gasteiger partial charge in [-0.2, -0.15) is 9.57 Å². The third-order valence-corrected chi connectivity index (χ3v) is 4.43. The molecular formula is C9H13N5O2S. The van der Waals surface area contributed by atoms with Crippen LogP contribution in [-0.2, 0) is 10.0 Å². The van der Waals surface area contributed by atoms with E-state index in [0.717, 1.165) is 0 Å². The number of aromatic nitrogens is 2. The van der Waals surface area contributed by atoms with Gasteiger partial charge in [0.1, 0.15) is 11.9 Å². The monoisotopic (exact) mass is 255 g/mol. The van der Waals surface area contributed by atoms with Gasteiger partial charge in [0.15, 0.2) is 5.03 Å². The van der Waals surface area contributed by atoms with E-state index in [0.29, 0.717) is 25.5 Å². The number of rotatable bonds is 2. The zero-order valence-electron chi connectivity index (χ0n) is 9.34. The van der Waals surface area contributed by atoms with Gasteiger partial charge >= 0.3 is 0 Å². The number of imidazole rings is 1. The summed E-state index contributed by atoms with van der Waals surface area (Å²) in [7, 11) is -3.65. The van der Waals surface area contributed by atoms with Gasteiger partial charge in [-0.1, -0.05) is 0 Å². The maximum atomic E-state index is 12.2. The topological polar surface area (TPSA) is 102 Å². The molecule has 0 bridgehead atoms. The predicted octanol–water partition coefficient (Wildman–Crippen LogP) is -0.796. The van der Waals surface area contributed by atoms with E-state index in [4.69, 9.17) is 5.26 Å². The van der Waals surface area contributed by atoms with Gasteiger partial charge in [0.25, 0.3) is 10.0 Å². The number of aryl methyl sites for hydroxylation is 1. The second-order valence-electron chi connectivity index (χ2n) is 3.80. The first-order valence-corrected chi connectivity index (χ1v) is 6.63. The van der Waals surface area contributed by atoms with Crippen LogP contribution in [0.2, 0.25) is 0 Å². The summed E-state index contributed by atoms with van der Waals surface area (Å²) in [6.07, 6.45) is 1.28. The lowest BCUT2D eigenvalue weighted by Gasteiger charge is -2.30. The molecule has 1 saturated heterocycles. The van der Waals surface area contributed by atoms with Crippen molar-refractivity contribution in [3.05, 3.63) is 12.0 Å². The molecule has 1 fully saturated rings. The van der Waals surface area contributed by atoms with Crippen molar-refractivity contribution in [3.8, 4) is 6.07 Å². The molecule has 0 radical (unpaired) electrons. The second kappa shape index (κ2) is 4.44. The smallest absolute Gasteiger partial charge is 0.261 e. The van der Waals surface area contributed by atoms with E-state index >= 15 is 0 Å². The van der Waals surface area contributed by atoms with Crippen LogP contribution in [-0.4, -0.2) is 48.4 Å². The summed E-state index contributed by atoms with van der Waals surface area (Å²) in [6, 6.07) is 1.32. The van der Waals surface area contributed by atoms with E-state index in [1.807, 2.05) is 6.07 Å². The number of piperazine rings is 1. The summed E-state index contributed by atoms with van der Waals surface area (Å²) in [5.74, 6) is 0.534. The first-order valence-electron chi connectivity index (χ1n) is 5.19.